The smallest absolute Gasteiger partial charge is 0.407 e. The molecule has 0 saturated heterocycles. The summed E-state index contributed by atoms with van der Waals surface area (Å²) in [5.41, 5.74) is -0.418. The van der Waals surface area contributed by atoms with Gasteiger partial charge in [-0.05, 0) is 59.3 Å². The molecule has 0 radical (unpaired) electrons. The molecule has 1 amide bonds. The van der Waals surface area contributed by atoms with E-state index in [4.69, 9.17) is 4.74 Å². The summed E-state index contributed by atoms with van der Waals surface area (Å²) in [5, 5.41) is 6.70. The van der Waals surface area contributed by atoms with Crippen LogP contribution >= 0.6 is 0 Å². The predicted molar refractivity (Wildman–Crippen MR) is 80.7 cm³/mol. The quantitative estimate of drug-likeness (QED) is 0.814. The van der Waals surface area contributed by atoms with Gasteiger partial charge in [0.25, 0.3) is 0 Å². The largest absolute Gasteiger partial charge is 0.444 e. The maximum absolute atomic E-state index is 11.7. The van der Waals surface area contributed by atoms with Crippen LogP contribution in [0.2, 0.25) is 0 Å². The number of carbonyl (C=O) groups excluding carboxylic acids is 1. The van der Waals surface area contributed by atoms with Gasteiger partial charge in [-0.15, -0.1) is 0 Å². The van der Waals surface area contributed by atoms with Crippen LogP contribution in [0.3, 0.4) is 0 Å². The molecule has 0 aromatic rings. The van der Waals surface area contributed by atoms with E-state index in [0.717, 1.165) is 25.2 Å². The first-order chi connectivity index (χ1) is 9.32. The molecule has 0 heterocycles. The number of carbonyl (C=O) groups is 1. The van der Waals surface area contributed by atoms with Crippen LogP contribution in [0.1, 0.15) is 66.2 Å². The van der Waals surface area contributed by atoms with Gasteiger partial charge >= 0.3 is 6.09 Å². The van der Waals surface area contributed by atoms with Crippen LogP contribution in [0.4, 0.5) is 4.79 Å². The van der Waals surface area contributed by atoms with Crippen molar-refractivity contribution in [1.82, 2.24) is 10.6 Å². The Balaban J connectivity index is 1.65. The maximum Gasteiger partial charge on any atom is 0.407 e. The number of nitrogens with one attached hydrogen (secondary N) is 2. The highest BCUT2D eigenvalue weighted by Gasteiger charge is 2.30. The van der Waals surface area contributed by atoms with Crippen molar-refractivity contribution in [2.45, 2.75) is 89.9 Å². The monoisotopic (exact) mass is 282 g/mol. The fourth-order valence-electron chi connectivity index (χ4n) is 3.06. The lowest BCUT2D eigenvalue weighted by atomic mass is 10.1. The molecule has 2 aliphatic rings. The van der Waals surface area contributed by atoms with Crippen molar-refractivity contribution >= 4 is 6.09 Å². The molecule has 2 rings (SSSR count). The molecule has 2 fully saturated rings. The molecule has 0 aliphatic heterocycles. The third kappa shape index (κ3) is 5.70. The zero-order valence-electron chi connectivity index (χ0n) is 13.4. The van der Waals surface area contributed by atoms with Gasteiger partial charge in [0.1, 0.15) is 5.60 Å². The average molecular weight is 282 g/mol. The predicted octanol–water partition coefficient (Wildman–Crippen LogP) is 3.21. The number of rotatable bonds is 5. The normalized spacial score (nSPS) is 28.2. The molecule has 2 aliphatic carbocycles. The third-order valence-electron chi connectivity index (χ3n) is 4.06. The minimum Gasteiger partial charge on any atom is -0.444 e. The summed E-state index contributed by atoms with van der Waals surface area (Å²) >= 11 is 0. The van der Waals surface area contributed by atoms with Crippen LogP contribution < -0.4 is 10.6 Å². The molecule has 116 valence electrons. The number of hydrogen-bond acceptors (Lipinski definition) is 3. The van der Waals surface area contributed by atoms with E-state index in [0.29, 0.717) is 12.1 Å². The van der Waals surface area contributed by atoms with Gasteiger partial charge in [0, 0.05) is 18.1 Å². The Morgan fingerprint density at radius 3 is 2.45 bits per heavy atom. The number of ether oxygens (including phenoxy) is 1. The molecule has 0 spiro atoms. The fraction of sp³-hybridized carbons (Fsp3) is 0.938. The van der Waals surface area contributed by atoms with Gasteiger partial charge in [-0.1, -0.05) is 12.8 Å². The van der Waals surface area contributed by atoms with E-state index in [1.165, 1.54) is 19.3 Å². The first-order valence-corrected chi connectivity index (χ1v) is 8.07. The summed E-state index contributed by atoms with van der Waals surface area (Å²) in [4.78, 5) is 11.7. The van der Waals surface area contributed by atoms with Crippen LogP contribution in [0.5, 0.6) is 0 Å². The molecule has 0 aromatic heterocycles. The van der Waals surface area contributed by atoms with Gasteiger partial charge in [-0.2, -0.15) is 0 Å². The molecule has 20 heavy (non-hydrogen) atoms. The first kappa shape index (κ1) is 15.6. The highest BCUT2D eigenvalue weighted by molar-refractivity contribution is 5.68. The van der Waals surface area contributed by atoms with Crippen molar-refractivity contribution in [3.8, 4) is 0 Å². The Bertz CT molecular complexity index is 334. The first-order valence-electron chi connectivity index (χ1n) is 8.07. The Hall–Kier alpha value is -0.770. The van der Waals surface area contributed by atoms with E-state index in [2.05, 4.69) is 17.6 Å². The number of hydrogen-bond donors (Lipinski definition) is 2. The molecule has 3 unspecified atom stereocenters. The maximum atomic E-state index is 11.7. The lowest BCUT2D eigenvalue weighted by Gasteiger charge is -2.22. The second-order valence-corrected chi connectivity index (χ2v) is 7.60. The second kappa shape index (κ2) is 6.33. The molecule has 0 bridgehead atoms. The minimum absolute atomic E-state index is 0.260. The Labute approximate surface area is 123 Å². The van der Waals surface area contributed by atoms with E-state index in [-0.39, 0.29) is 12.1 Å². The second-order valence-electron chi connectivity index (χ2n) is 7.60. The summed E-state index contributed by atoms with van der Waals surface area (Å²) in [6.45, 7) is 7.97. The van der Waals surface area contributed by atoms with Gasteiger partial charge in [0.15, 0.2) is 0 Å². The zero-order chi connectivity index (χ0) is 14.8. The van der Waals surface area contributed by atoms with Gasteiger partial charge in [0.2, 0.25) is 0 Å². The summed E-state index contributed by atoms with van der Waals surface area (Å²) in [6, 6.07) is 1.41. The van der Waals surface area contributed by atoms with Gasteiger partial charge in [-0.3, -0.25) is 0 Å². The van der Waals surface area contributed by atoms with Gasteiger partial charge in [0.05, 0.1) is 0 Å². The van der Waals surface area contributed by atoms with Crippen molar-refractivity contribution in [2.24, 2.45) is 5.92 Å². The van der Waals surface area contributed by atoms with Gasteiger partial charge < -0.3 is 15.4 Å². The number of amides is 1. The molecular weight excluding hydrogens is 252 g/mol. The van der Waals surface area contributed by atoms with Crippen molar-refractivity contribution < 1.29 is 9.53 Å². The topological polar surface area (TPSA) is 50.4 Å². The Morgan fingerprint density at radius 1 is 1.20 bits per heavy atom. The third-order valence-corrected chi connectivity index (χ3v) is 4.06. The lowest BCUT2D eigenvalue weighted by molar-refractivity contribution is 0.0505. The van der Waals surface area contributed by atoms with E-state index in [9.17, 15) is 4.79 Å². The van der Waals surface area contributed by atoms with E-state index < -0.39 is 5.60 Å². The average Bonchev–Trinajstić information content (AvgIpc) is 2.97. The summed E-state index contributed by atoms with van der Waals surface area (Å²) in [6.07, 6.45) is 7.07. The summed E-state index contributed by atoms with van der Waals surface area (Å²) in [5.74, 6) is 0.967. The standard InChI is InChI=1S/C16H30N2O2/c1-11(9-12-5-6-12)17-13-7-8-14(10-13)18-15(19)20-16(2,3)4/h11-14,17H,5-10H2,1-4H3,(H,18,19). The van der Waals surface area contributed by atoms with E-state index in [1.54, 1.807) is 0 Å². The molecule has 4 heteroatoms. The van der Waals surface area contributed by atoms with Gasteiger partial charge in [-0.25, -0.2) is 4.79 Å². The van der Waals surface area contributed by atoms with Crippen molar-refractivity contribution in [3.05, 3.63) is 0 Å². The molecule has 4 nitrogen and oxygen atoms in total. The molecule has 3 atom stereocenters. The van der Waals surface area contributed by atoms with Crippen LogP contribution in [-0.2, 0) is 4.74 Å². The molecule has 0 aromatic carbocycles. The lowest BCUT2D eigenvalue weighted by Crippen LogP contribution is -2.40. The van der Waals surface area contributed by atoms with Crippen molar-refractivity contribution in [2.75, 3.05) is 0 Å². The van der Waals surface area contributed by atoms with E-state index in [1.807, 2.05) is 20.8 Å². The van der Waals surface area contributed by atoms with Crippen LogP contribution in [0.25, 0.3) is 0 Å². The van der Waals surface area contributed by atoms with Crippen LogP contribution in [0, 0.1) is 5.92 Å². The van der Waals surface area contributed by atoms with Crippen molar-refractivity contribution in [3.63, 3.8) is 0 Å². The SMILES string of the molecule is CC(CC1CC1)NC1CCC(NC(=O)OC(C)(C)C)C1. The van der Waals surface area contributed by atoms with E-state index >= 15 is 0 Å². The Morgan fingerprint density at radius 2 is 1.85 bits per heavy atom. The Kier molecular flexibility index (Phi) is 4.95. The molecule has 2 saturated carbocycles. The summed E-state index contributed by atoms with van der Waals surface area (Å²) in [7, 11) is 0. The van der Waals surface area contributed by atoms with Crippen molar-refractivity contribution in [1.29, 1.82) is 0 Å². The molecule has 2 N–H and O–H groups in total. The molecular formula is C16H30N2O2. The number of alkyl carbamates (subject to hydrolysis) is 1. The minimum atomic E-state index is -0.418. The highest BCUT2D eigenvalue weighted by Crippen LogP contribution is 2.33. The van der Waals surface area contributed by atoms with Crippen LogP contribution in [0.15, 0.2) is 0 Å². The fourth-order valence-corrected chi connectivity index (χ4v) is 3.06. The van der Waals surface area contributed by atoms with Crippen LogP contribution in [-0.4, -0.2) is 29.8 Å². The summed E-state index contributed by atoms with van der Waals surface area (Å²) < 4.78 is 5.31. The highest BCUT2D eigenvalue weighted by atomic mass is 16.6. The zero-order valence-corrected chi connectivity index (χ0v) is 13.4.